The van der Waals surface area contributed by atoms with Gasteiger partial charge in [-0.3, -0.25) is 14.7 Å². The van der Waals surface area contributed by atoms with Crippen LogP contribution < -0.4 is 4.74 Å². The van der Waals surface area contributed by atoms with E-state index in [1.807, 2.05) is 30.3 Å². The molecule has 0 saturated heterocycles. The molecule has 5 heteroatoms. The number of benzene rings is 2. The van der Waals surface area contributed by atoms with Crippen LogP contribution in [0.15, 0.2) is 59.6 Å². The van der Waals surface area contributed by atoms with Gasteiger partial charge in [0.15, 0.2) is 0 Å². The molecule has 26 heavy (non-hydrogen) atoms. The van der Waals surface area contributed by atoms with E-state index in [0.717, 1.165) is 42.7 Å². The molecule has 0 unspecified atom stereocenters. The van der Waals surface area contributed by atoms with Gasteiger partial charge in [-0.05, 0) is 49.9 Å². The largest absolute Gasteiger partial charge is 0.497 e. The first kappa shape index (κ1) is 16.9. The van der Waals surface area contributed by atoms with Gasteiger partial charge in [0.2, 0.25) is 0 Å². The first-order chi connectivity index (χ1) is 12.6. The molecule has 0 aromatic heterocycles. The van der Waals surface area contributed by atoms with Gasteiger partial charge in [-0.1, -0.05) is 42.5 Å². The van der Waals surface area contributed by atoms with Crippen LogP contribution in [0.2, 0.25) is 0 Å². The molecule has 132 valence electrons. The minimum atomic E-state index is -0.529. The van der Waals surface area contributed by atoms with Crippen LogP contribution in [0.3, 0.4) is 0 Å². The molecule has 1 heterocycles. The Morgan fingerprint density at radius 2 is 1.73 bits per heavy atom. The second-order valence-electron chi connectivity index (χ2n) is 6.69. The third kappa shape index (κ3) is 2.72. The monoisotopic (exact) mass is 364 g/mol. The lowest BCUT2D eigenvalue weighted by atomic mass is 10.1. The van der Waals surface area contributed by atoms with Crippen LogP contribution in [0.4, 0.5) is 0 Å². The van der Waals surface area contributed by atoms with Crippen molar-refractivity contribution in [1.29, 1.82) is 0 Å². The number of hydrogen-bond acceptors (Lipinski definition) is 4. The predicted molar refractivity (Wildman–Crippen MR) is 106 cm³/mol. The standard InChI is InChI=1S/C21H20N2O2S/c1-25-17-11-9-16(10-12-17)19(24)23-20(26)18(15-7-3-2-4-8-15)22-21(23)13-5-6-14-21/h2-4,7-12H,5-6,13-14H2,1H3. The third-order valence-corrected chi connectivity index (χ3v) is 5.51. The highest BCUT2D eigenvalue weighted by Gasteiger charge is 2.50. The minimum Gasteiger partial charge on any atom is -0.497 e. The van der Waals surface area contributed by atoms with Gasteiger partial charge < -0.3 is 4.74 Å². The van der Waals surface area contributed by atoms with Crippen LogP contribution in [0.1, 0.15) is 41.6 Å². The van der Waals surface area contributed by atoms with Crippen LogP contribution in [-0.4, -0.2) is 34.3 Å². The molecule has 1 saturated carbocycles. The summed E-state index contributed by atoms with van der Waals surface area (Å²) in [5.41, 5.74) is 1.79. The molecule has 0 radical (unpaired) electrons. The lowest BCUT2D eigenvalue weighted by Gasteiger charge is -2.32. The Hall–Kier alpha value is -2.53. The van der Waals surface area contributed by atoms with Gasteiger partial charge in [0.25, 0.3) is 5.91 Å². The molecular formula is C21H20N2O2S. The molecule has 1 spiro atoms. The number of nitrogens with zero attached hydrogens (tertiary/aromatic N) is 2. The SMILES string of the molecule is COc1ccc(C(=O)N2C(=S)C(c3ccccc3)=NC23CCCC3)cc1. The number of methoxy groups -OCH3 is 1. The van der Waals surface area contributed by atoms with Crippen molar-refractivity contribution in [3.05, 3.63) is 65.7 Å². The topological polar surface area (TPSA) is 41.9 Å². The van der Waals surface area contributed by atoms with Crippen molar-refractivity contribution in [3.63, 3.8) is 0 Å². The molecule has 2 aromatic carbocycles. The molecule has 0 bridgehead atoms. The zero-order valence-corrected chi connectivity index (χ0v) is 15.5. The van der Waals surface area contributed by atoms with Gasteiger partial charge in [0.1, 0.15) is 22.1 Å². The fourth-order valence-corrected chi connectivity index (χ4v) is 4.22. The predicted octanol–water partition coefficient (Wildman–Crippen LogP) is 4.24. The number of hydrogen-bond donors (Lipinski definition) is 0. The number of carbonyl (C=O) groups excluding carboxylic acids is 1. The average Bonchev–Trinajstić information content (AvgIpc) is 3.27. The van der Waals surface area contributed by atoms with Crippen LogP contribution in [-0.2, 0) is 0 Å². The first-order valence-electron chi connectivity index (χ1n) is 8.83. The highest BCUT2D eigenvalue weighted by molar-refractivity contribution is 7.82. The van der Waals surface area contributed by atoms with Crippen LogP contribution in [0.5, 0.6) is 5.75 Å². The molecule has 0 atom stereocenters. The van der Waals surface area contributed by atoms with E-state index >= 15 is 0 Å². The highest BCUT2D eigenvalue weighted by Crippen LogP contribution is 2.42. The number of amides is 1. The normalized spacial score (nSPS) is 18.3. The lowest BCUT2D eigenvalue weighted by molar-refractivity contribution is 0.0724. The van der Waals surface area contributed by atoms with E-state index in [4.69, 9.17) is 21.9 Å². The second-order valence-corrected chi connectivity index (χ2v) is 7.08. The summed E-state index contributed by atoms with van der Waals surface area (Å²) in [5, 5.41) is 0. The summed E-state index contributed by atoms with van der Waals surface area (Å²) in [6.07, 6.45) is 3.82. The van der Waals surface area contributed by atoms with E-state index in [1.54, 1.807) is 36.3 Å². The van der Waals surface area contributed by atoms with Crippen LogP contribution in [0, 0.1) is 0 Å². The van der Waals surface area contributed by atoms with E-state index in [0.29, 0.717) is 10.6 Å². The first-order valence-corrected chi connectivity index (χ1v) is 9.24. The van der Waals surface area contributed by atoms with Crippen molar-refractivity contribution < 1.29 is 9.53 Å². The fourth-order valence-electron chi connectivity index (χ4n) is 3.81. The maximum Gasteiger partial charge on any atom is 0.260 e. The molecule has 2 aliphatic rings. The molecular weight excluding hydrogens is 344 g/mol. The van der Waals surface area contributed by atoms with Gasteiger partial charge >= 0.3 is 0 Å². The maximum absolute atomic E-state index is 13.3. The molecule has 1 aliphatic heterocycles. The van der Waals surface area contributed by atoms with Gasteiger partial charge in [0.05, 0.1) is 7.11 Å². The lowest BCUT2D eigenvalue weighted by Crippen LogP contribution is -2.48. The van der Waals surface area contributed by atoms with E-state index in [9.17, 15) is 4.79 Å². The maximum atomic E-state index is 13.3. The van der Waals surface area contributed by atoms with Gasteiger partial charge in [-0.25, -0.2) is 0 Å². The van der Waals surface area contributed by atoms with Crippen molar-refractivity contribution >= 4 is 28.8 Å². The summed E-state index contributed by atoms with van der Waals surface area (Å²) in [7, 11) is 1.61. The smallest absolute Gasteiger partial charge is 0.260 e. The second kappa shape index (κ2) is 6.65. The van der Waals surface area contributed by atoms with Crippen molar-refractivity contribution in [2.24, 2.45) is 4.99 Å². The van der Waals surface area contributed by atoms with Crippen molar-refractivity contribution in [3.8, 4) is 5.75 Å². The quantitative estimate of drug-likeness (QED) is 0.765. The molecule has 2 aromatic rings. The van der Waals surface area contributed by atoms with E-state index in [2.05, 4.69) is 0 Å². The van der Waals surface area contributed by atoms with Crippen LogP contribution in [0.25, 0.3) is 0 Å². The molecule has 1 aliphatic carbocycles. The molecule has 4 nitrogen and oxygen atoms in total. The van der Waals surface area contributed by atoms with Gasteiger partial charge in [-0.15, -0.1) is 0 Å². The molecule has 1 amide bonds. The Balaban J connectivity index is 1.73. The molecule has 4 rings (SSSR count). The molecule has 1 fully saturated rings. The fraction of sp³-hybridized carbons (Fsp3) is 0.286. The Kier molecular flexibility index (Phi) is 4.32. The van der Waals surface area contributed by atoms with Crippen molar-refractivity contribution in [2.75, 3.05) is 7.11 Å². The van der Waals surface area contributed by atoms with Crippen LogP contribution >= 0.6 is 12.2 Å². The van der Waals surface area contributed by atoms with Crippen molar-refractivity contribution in [2.45, 2.75) is 31.3 Å². The summed E-state index contributed by atoms with van der Waals surface area (Å²) in [4.78, 5) is 20.6. The summed E-state index contributed by atoms with van der Waals surface area (Å²) < 4.78 is 5.19. The minimum absolute atomic E-state index is 0.0887. The number of aliphatic imine (C=N–C) groups is 1. The summed E-state index contributed by atoms with van der Waals surface area (Å²) >= 11 is 5.73. The summed E-state index contributed by atoms with van der Waals surface area (Å²) in [5.74, 6) is 0.636. The number of rotatable bonds is 3. The summed E-state index contributed by atoms with van der Waals surface area (Å²) in [6.45, 7) is 0. The number of thiocarbonyl (C=S) groups is 1. The summed E-state index contributed by atoms with van der Waals surface area (Å²) in [6, 6.07) is 17.1. The van der Waals surface area contributed by atoms with Gasteiger partial charge in [0, 0.05) is 11.1 Å². The van der Waals surface area contributed by atoms with Crippen molar-refractivity contribution in [1.82, 2.24) is 4.90 Å². The Morgan fingerprint density at radius 1 is 1.08 bits per heavy atom. The Bertz CT molecular complexity index is 869. The van der Waals surface area contributed by atoms with E-state index in [1.165, 1.54) is 0 Å². The van der Waals surface area contributed by atoms with E-state index < -0.39 is 5.66 Å². The third-order valence-electron chi connectivity index (χ3n) is 5.13. The zero-order chi connectivity index (χ0) is 18.1. The number of ether oxygens (including phenoxy) is 1. The highest BCUT2D eigenvalue weighted by atomic mass is 32.1. The average molecular weight is 364 g/mol. The Labute approximate surface area is 158 Å². The van der Waals surface area contributed by atoms with E-state index in [-0.39, 0.29) is 5.91 Å². The Morgan fingerprint density at radius 3 is 2.35 bits per heavy atom. The number of carbonyl (C=O) groups is 1. The van der Waals surface area contributed by atoms with Gasteiger partial charge in [-0.2, -0.15) is 0 Å². The zero-order valence-electron chi connectivity index (χ0n) is 14.6. The molecule has 0 N–H and O–H groups in total.